The smallest absolute Gasteiger partial charge is 0.144 e. The topological polar surface area (TPSA) is 53.2 Å². The highest BCUT2D eigenvalue weighted by Gasteiger charge is 2.11. The Morgan fingerprint density at radius 1 is 1.30 bits per heavy atom. The van der Waals surface area contributed by atoms with Crippen molar-refractivity contribution in [2.24, 2.45) is 4.99 Å². The monoisotopic (exact) mass is 267 g/mol. The van der Waals surface area contributed by atoms with E-state index in [2.05, 4.69) is 15.0 Å². The van der Waals surface area contributed by atoms with Gasteiger partial charge in [0.25, 0.3) is 0 Å². The molecule has 0 bridgehead atoms. The number of nitrogens with one attached hydrogen (secondary N) is 2. The number of hydrogen-bond acceptors (Lipinski definition) is 2. The molecular formula is C16H17N3O. The van der Waals surface area contributed by atoms with E-state index in [1.807, 2.05) is 56.5 Å². The minimum atomic E-state index is 0.635. The van der Waals surface area contributed by atoms with Crippen molar-refractivity contribution in [3.8, 4) is 17.1 Å². The molecule has 4 nitrogen and oxygen atoms in total. The fourth-order valence-electron chi connectivity index (χ4n) is 2.19. The van der Waals surface area contributed by atoms with Gasteiger partial charge in [-0.3, -0.25) is 4.99 Å². The molecule has 102 valence electrons. The van der Waals surface area contributed by atoms with E-state index in [4.69, 9.17) is 4.74 Å². The molecule has 0 amide bonds. The van der Waals surface area contributed by atoms with Crippen molar-refractivity contribution in [2.75, 3.05) is 6.61 Å². The van der Waals surface area contributed by atoms with Gasteiger partial charge in [0.2, 0.25) is 0 Å². The van der Waals surface area contributed by atoms with E-state index in [9.17, 15) is 0 Å². The van der Waals surface area contributed by atoms with Gasteiger partial charge in [-0.05, 0) is 44.2 Å². The number of hydrogen-bond donors (Lipinski definition) is 2. The average Bonchev–Trinajstić information content (AvgIpc) is 3.12. The first-order valence-corrected chi connectivity index (χ1v) is 6.71. The van der Waals surface area contributed by atoms with Crippen molar-refractivity contribution in [1.82, 2.24) is 9.97 Å². The van der Waals surface area contributed by atoms with Crippen LogP contribution in [0.2, 0.25) is 0 Å². The van der Waals surface area contributed by atoms with E-state index in [1.54, 1.807) is 0 Å². The molecule has 2 aromatic heterocycles. The minimum Gasteiger partial charge on any atom is -0.492 e. The molecule has 20 heavy (non-hydrogen) atoms. The molecule has 0 unspecified atom stereocenters. The Labute approximate surface area is 117 Å². The van der Waals surface area contributed by atoms with Gasteiger partial charge < -0.3 is 14.7 Å². The summed E-state index contributed by atoms with van der Waals surface area (Å²) in [6.07, 6.45) is 7.91. The number of H-pyrrole nitrogens is 2. The van der Waals surface area contributed by atoms with Gasteiger partial charge in [0.1, 0.15) is 5.75 Å². The van der Waals surface area contributed by atoms with E-state index >= 15 is 0 Å². The van der Waals surface area contributed by atoms with Crippen LogP contribution in [0.3, 0.4) is 0 Å². The molecule has 0 radical (unpaired) electrons. The van der Waals surface area contributed by atoms with Crippen LogP contribution >= 0.6 is 0 Å². The molecule has 0 fully saturated rings. The van der Waals surface area contributed by atoms with Gasteiger partial charge >= 0.3 is 0 Å². The fraction of sp³-hybridized carbons (Fsp3) is 0.188. The van der Waals surface area contributed by atoms with Crippen LogP contribution in [0.4, 0.5) is 0 Å². The maximum Gasteiger partial charge on any atom is 0.144 e. The largest absolute Gasteiger partial charge is 0.492 e. The van der Waals surface area contributed by atoms with Crippen LogP contribution < -0.4 is 4.74 Å². The second kappa shape index (κ2) is 5.25. The molecule has 4 heteroatoms. The quantitative estimate of drug-likeness (QED) is 0.870. The van der Waals surface area contributed by atoms with Crippen LogP contribution in [0.5, 0.6) is 5.75 Å². The van der Waals surface area contributed by atoms with Gasteiger partial charge in [-0.25, -0.2) is 0 Å². The molecule has 0 aliphatic carbocycles. The van der Waals surface area contributed by atoms with Crippen LogP contribution in [0.1, 0.15) is 19.5 Å². The third-order valence-electron chi connectivity index (χ3n) is 3.09. The number of allylic oxidation sites excluding steroid dienone is 2. The lowest BCUT2D eigenvalue weighted by Gasteiger charge is -2.00. The molecule has 0 saturated heterocycles. The Morgan fingerprint density at radius 2 is 2.20 bits per heavy atom. The maximum atomic E-state index is 5.69. The zero-order valence-corrected chi connectivity index (χ0v) is 11.6. The fourth-order valence-corrected chi connectivity index (χ4v) is 2.19. The first-order valence-electron chi connectivity index (χ1n) is 6.71. The Hall–Kier alpha value is -2.49. The molecule has 0 saturated carbocycles. The van der Waals surface area contributed by atoms with Crippen LogP contribution in [0.25, 0.3) is 17.5 Å². The predicted molar refractivity (Wildman–Crippen MR) is 82.0 cm³/mol. The van der Waals surface area contributed by atoms with E-state index in [0.29, 0.717) is 6.61 Å². The van der Waals surface area contributed by atoms with Crippen LogP contribution in [-0.4, -0.2) is 22.3 Å². The summed E-state index contributed by atoms with van der Waals surface area (Å²) in [6.45, 7) is 4.60. The van der Waals surface area contributed by atoms with Crippen LogP contribution in [-0.2, 0) is 0 Å². The number of aromatic amines is 2. The number of rotatable bonds is 4. The maximum absolute atomic E-state index is 5.69. The normalized spacial score (nSPS) is 15.9. The number of ether oxygens (including phenoxy) is 1. The zero-order valence-electron chi connectivity index (χ0n) is 11.6. The molecule has 1 aliphatic heterocycles. The third-order valence-corrected chi connectivity index (χ3v) is 3.09. The van der Waals surface area contributed by atoms with E-state index in [1.165, 1.54) is 0 Å². The standard InChI is InChI=1S/C16H17N3O/c1-3-20-16-10-14(13-5-4-8-17-13)19-15(16)9-12-7-6-11(2)18-12/h4-10,17,19H,3H2,1-2H3/b12-9-. The van der Waals surface area contributed by atoms with E-state index < -0.39 is 0 Å². The SMILES string of the molecule is CCOc1cc(-c2ccc[nH]2)[nH]c1/C=C1/C=CC(C)=N1. The molecule has 1 aliphatic rings. The second-order valence-corrected chi connectivity index (χ2v) is 4.63. The predicted octanol–water partition coefficient (Wildman–Crippen LogP) is 3.78. The van der Waals surface area contributed by atoms with Crippen molar-refractivity contribution in [2.45, 2.75) is 13.8 Å². The first-order chi connectivity index (χ1) is 9.76. The molecule has 0 atom stereocenters. The molecule has 0 aromatic carbocycles. The first kappa shape index (κ1) is 12.5. The summed E-state index contributed by atoms with van der Waals surface area (Å²) in [5, 5.41) is 0. The zero-order chi connectivity index (χ0) is 13.9. The van der Waals surface area contributed by atoms with Gasteiger partial charge in [-0.1, -0.05) is 0 Å². The van der Waals surface area contributed by atoms with Crippen molar-refractivity contribution in [3.05, 3.63) is 47.9 Å². The molecule has 3 heterocycles. The summed E-state index contributed by atoms with van der Waals surface area (Å²) in [5.41, 5.74) is 4.94. The van der Waals surface area contributed by atoms with Crippen LogP contribution in [0, 0.1) is 0 Å². The van der Waals surface area contributed by atoms with Gasteiger partial charge in [0.05, 0.1) is 29.4 Å². The number of aliphatic imine (C=N–C) groups is 1. The van der Waals surface area contributed by atoms with Crippen LogP contribution in [0.15, 0.2) is 47.2 Å². The third kappa shape index (κ3) is 2.45. The lowest BCUT2D eigenvalue weighted by molar-refractivity contribution is 0.340. The van der Waals surface area contributed by atoms with E-state index in [0.717, 1.165) is 34.2 Å². The Kier molecular flexibility index (Phi) is 3.29. The van der Waals surface area contributed by atoms with Gasteiger partial charge in [-0.15, -0.1) is 0 Å². The van der Waals surface area contributed by atoms with Gasteiger partial charge in [-0.2, -0.15) is 0 Å². The number of nitrogens with zero attached hydrogens (tertiary/aromatic N) is 1. The van der Waals surface area contributed by atoms with E-state index in [-0.39, 0.29) is 0 Å². The summed E-state index contributed by atoms with van der Waals surface area (Å²) in [4.78, 5) is 11.0. The Balaban J connectivity index is 1.99. The average molecular weight is 267 g/mol. The highest BCUT2D eigenvalue weighted by Crippen LogP contribution is 2.29. The summed E-state index contributed by atoms with van der Waals surface area (Å²) in [7, 11) is 0. The Morgan fingerprint density at radius 3 is 2.85 bits per heavy atom. The highest BCUT2D eigenvalue weighted by atomic mass is 16.5. The molecule has 0 spiro atoms. The van der Waals surface area contributed by atoms with Crippen molar-refractivity contribution in [3.63, 3.8) is 0 Å². The lowest BCUT2D eigenvalue weighted by Crippen LogP contribution is -1.91. The summed E-state index contributed by atoms with van der Waals surface area (Å²) >= 11 is 0. The minimum absolute atomic E-state index is 0.635. The van der Waals surface area contributed by atoms with Gasteiger partial charge in [0.15, 0.2) is 0 Å². The Bertz CT molecular complexity index is 687. The lowest BCUT2D eigenvalue weighted by atomic mass is 10.3. The summed E-state index contributed by atoms with van der Waals surface area (Å²) in [5.74, 6) is 0.845. The van der Waals surface area contributed by atoms with Gasteiger partial charge in [0, 0.05) is 18.0 Å². The second-order valence-electron chi connectivity index (χ2n) is 4.63. The van der Waals surface area contributed by atoms with Crippen molar-refractivity contribution in [1.29, 1.82) is 0 Å². The molecule has 3 rings (SSSR count). The molecule has 2 N–H and O–H groups in total. The summed E-state index contributed by atoms with van der Waals surface area (Å²) < 4.78 is 5.69. The van der Waals surface area contributed by atoms with Crippen molar-refractivity contribution >= 4 is 11.8 Å². The highest BCUT2D eigenvalue weighted by molar-refractivity contribution is 5.97. The molecule has 2 aromatic rings. The summed E-state index contributed by atoms with van der Waals surface area (Å²) in [6, 6.07) is 6.01. The van der Waals surface area contributed by atoms with Crippen molar-refractivity contribution < 1.29 is 4.74 Å². The number of aromatic nitrogens is 2. The molecular weight excluding hydrogens is 250 g/mol.